The van der Waals surface area contributed by atoms with Gasteiger partial charge >= 0.3 is 0 Å². The van der Waals surface area contributed by atoms with E-state index in [9.17, 15) is 4.79 Å². The predicted octanol–water partition coefficient (Wildman–Crippen LogP) is 2.16. The number of rotatable bonds is 3. The van der Waals surface area contributed by atoms with Crippen molar-refractivity contribution in [3.05, 3.63) is 27.8 Å². The van der Waals surface area contributed by atoms with Gasteiger partial charge in [0, 0.05) is 15.8 Å². The number of carbonyl (C=O) groups excluding carboxylic acids is 1. The van der Waals surface area contributed by atoms with Crippen LogP contribution in [0.5, 0.6) is 0 Å². The Hall–Kier alpha value is -0.370. The third-order valence-electron chi connectivity index (χ3n) is 2.76. The topological polar surface area (TPSA) is 64.4 Å². The van der Waals surface area contributed by atoms with E-state index in [4.69, 9.17) is 10.5 Å². The summed E-state index contributed by atoms with van der Waals surface area (Å²) in [4.78, 5) is 11.9. The fraction of sp³-hybridized carbons (Fsp3) is 0.417. The summed E-state index contributed by atoms with van der Waals surface area (Å²) in [6, 6.07) is 7.69. The van der Waals surface area contributed by atoms with E-state index in [0.717, 1.165) is 22.1 Å². The summed E-state index contributed by atoms with van der Waals surface area (Å²) < 4.78 is 6.63. The van der Waals surface area contributed by atoms with E-state index in [1.807, 2.05) is 24.3 Å². The van der Waals surface area contributed by atoms with E-state index in [1.54, 1.807) is 0 Å². The lowest BCUT2D eigenvalue weighted by Gasteiger charge is -2.12. The second-order valence-electron chi connectivity index (χ2n) is 4.06. The number of nitrogens with one attached hydrogen (secondary N) is 1. The predicted molar refractivity (Wildman–Crippen MR) is 82.0 cm³/mol. The highest BCUT2D eigenvalue weighted by atomic mass is 127. The standard InChI is InChI=1S/C12H15IN2O2.ClH/c13-8-2-1-3-9(6-8)15-12(16)11-5-4-10(7-14)17-11;/h1-3,6,10-11H,4-5,7,14H2,(H,15,16);1H/t10-,11+;/m1./s1. The SMILES string of the molecule is Cl.NC[C@H]1CC[C@@H](C(=O)Nc2cccc(I)c2)O1. The van der Waals surface area contributed by atoms with Gasteiger partial charge in [0.2, 0.25) is 0 Å². The summed E-state index contributed by atoms with van der Waals surface area (Å²) in [5, 5.41) is 2.86. The molecule has 3 N–H and O–H groups in total. The van der Waals surface area contributed by atoms with Crippen LogP contribution < -0.4 is 11.1 Å². The van der Waals surface area contributed by atoms with Crippen LogP contribution in [0.25, 0.3) is 0 Å². The lowest BCUT2D eigenvalue weighted by molar-refractivity contribution is -0.126. The summed E-state index contributed by atoms with van der Waals surface area (Å²) >= 11 is 2.21. The van der Waals surface area contributed by atoms with Crippen LogP contribution >= 0.6 is 35.0 Å². The van der Waals surface area contributed by atoms with Crippen molar-refractivity contribution in [2.24, 2.45) is 5.73 Å². The van der Waals surface area contributed by atoms with Crippen molar-refractivity contribution < 1.29 is 9.53 Å². The lowest BCUT2D eigenvalue weighted by atomic mass is 10.2. The van der Waals surface area contributed by atoms with E-state index in [2.05, 4.69) is 27.9 Å². The number of anilines is 1. The number of halogens is 2. The number of hydrogen-bond acceptors (Lipinski definition) is 3. The Kier molecular flexibility index (Phi) is 6.34. The van der Waals surface area contributed by atoms with E-state index in [-0.39, 0.29) is 30.5 Å². The molecule has 1 aromatic rings. The molecule has 1 saturated heterocycles. The van der Waals surface area contributed by atoms with Crippen LogP contribution in [0.1, 0.15) is 12.8 Å². The number of carbonyl (C=O) groups is 1. The van der Waals surface area contributed by atoms with Crippen molar-refractivity contribution in [2.45, 2.75) is 25.0 Å². The van der Waals surface area contributed by atoms with E-state index in [0.29, 0.717) is 6.54 Å². The summed E-state index contributed by atoms with van der Waals surface area (Å²) in [5.41, 5.74) is 6.32. The first-order valence-electron chi connectivity index (χ1n) is 5.61. The van der Waals surface area contributed by atoms with Gasteiger partial charge in [-0.25, -0.2) is 0 Å². The maximum atomic E-state index is 11.9. The zero-order valence-corrected chi connectivity index (χ0v) is 12.7. The molecule has 1 aliphatic heterocycles. The fourth-order valence-electron chi connectivity index (χ4n) is 1.86. The van der Waals surface area contributed by atoms with Gasteiger partial charge < -0.3 is 15.8 Å². The van der Waals surface area contributed by atoms with Gasteiger partial charge in [-0.2, -0.15) is 0 Å². The number of hydrogen-bond donors (Lipinski definition) is 2. The normalized spacial score (nSPS) is 22.3. The first kappa shape index (κ1) is 15.7. The van der Waals surface area contributed by atoms with Crippen molar-refractivity contribution in [2.75, 3.05) is 11.9 Å². The number of benzene rings is 1. The second-order valence-corrected chi connectivity index (χ2v) is 5.31. The Morgan fingerprint density at radius 3 is 2.89 bits per heavy atom. The van der Waals surface area contributed by atoms with Gasteiger partial charge in [0.15, 0.2) is 0 Å². The van der Waals surface area contributed by atoms with Crippen LogP contribution in [-0.2, 0) is 9.53 Å². The largest absolute Gasteiger partial charge is 0.364 e. The Bertz CT molecular complexity index is 417. The molecule has 2 atom stereocenters. The molecule has 0 bridgehead atoms. The van der Waals surface area contributed by atoms with E-state index < -0.39 is 0 Å². The van der Waals surface area contributed by atoms with Crippen LogP contribution in [0.2, 0.25) is 0 Å². The van der Waals surface area contributed by atoms with Gasteiger partial charge in [0.25, 0.3) is 5.91 Å². The van der Waals surface area contributed by atoms with Crippen LogP contribution in [0, 0.1) is 3.57 Å². The molecule has 0 spiro atoms. The monoisotopic (exact) mass is 382 g/mol. The van der Waals surface area contributed by atoms with Gasteiger partial charge in [-0.15, -0.1) is 12.4 Å². The average Bonchev–Trinajstić information content (AvgIpc) is 2.77. The highest BCUT2D eigenvalue weighted by Gasteiger charge is 2.29. The van der Waals surface area contributed by atoms with Crippen LogP contribution in [0.4, 0.5) is 5.69 Å². The molecule has 6 heteroatoms. The molecule has 1 amide bonds. The number of nitrogens with two attached hydrogens (primary N) is 1. The number of ether oxygens (including phenoxy) is 1. The fourth-order valence-corrected chi connectivity index (χ4v) is 2.40. The maximum Gasteiger partial charge on any atom is 0.253 e. The van der Waals surface area contributed by atoms with Gasteiger partial charge in [0.05, 0.1) is 6.10 Å². The second kappa shape index (κ2) is 7.28. The van der Waals surface area contributed by atoms with Crippen LogP contribution in [-0.4, -0.2) is 24.7 Å². The minimum Gasteiger partial charge on any atom is -0.364 e. The smallest absolute Gasteiger partial charge is 0.253 e. The summed E-state index contributed by atoms with van der Waals surface area (Å²) in [6.07, 6.45) is 1.28. The minimum absolute atomic E-state index is 0. The quantitative estimate of drug-likeness (QED) is 0.788. The molecule has 0 radical (unpaired) electrons. The Labute approximate surface area is 126 Å². The Balaban J connectivity index is 0.00000162. The zero-order valence-electron chi connectivity index (χ0n) is 9.77. The van der Waals surface area contributed by atoms with Gasteiger partial charge in [-0.1, -0.05) is 6.07 Å². The highest BCUT2D eigenvalue weighted by molar-refractivity contribution is 14.1. The molecule has 1 heterocycles. The molecule has 1 fully saturated rings. The third-order valence-corrected chi connectivity index (χ3v) is 3.43. The van der Waals surface area contributed by atoms with E-state index in [1.165, 1.54) is 0 Å². The molecule has 0 aromatic heterocycles. The molecule has 2 rings (SSSR count). The van der Waals surface area contributed by atoms with Crippen molar-refractivity contribution in [3.63, 3.8) is 0 Å². The van der Waals surface area contributed by atoms with E-state index >= 15 is 0 Å². The molecular weight excluding hydrogens is 367 g/mol. The first-order valence-corrected chi connectivity index (χ1v) is 6.69. The zero-order chi connectivity index (χ0) is 12.3. The lowest BCUT2D eigenvalue weighted by Crippen LogP contribution is -2.29. The van der Waals surface area contributed by atoms with Gasteiger partial charge in [-0.05, 0) is 53.6 Å². The van der Waals surface area contributed by atoms with Crippen LogP contribution in [0.3, 0.4) is 0 Å². The summed E-state index contributed by atoms with van der Waals surface area (Å²) in [6.45, 7) is 0.479. The molecule has 100 valence electrons. The molecule has 4 nitrogen and oxygen atoms in total. The molecule has 0 saturated carbocycles. The highest BCUT2D eigenvalue weighted by Crippen LogP contribution is 2.21. The van der Waals surface area contributed by atoms with Crippen LogP contribution in [0.15, 0.2) is 24.3 Å². The average molecular weight is 383 g/mol. The summed E-state index contributed by atoms with van der Waals surface area (Å²) in [7, 11) is 0. The minimum atomic E-state index is -0.360. The molecule has 1 aromatic carbocycles. The molecular formula is C12H16ClIN2O2. The molecule has 1 aliphatic rings. The summed E-state index contributed by atoms with van der Waals surface area (Å²) in [5.74, 6) is -0.0806. The Morgan fingerprint density at radius 1 is 1.50 bits per heavy atom. The van der Waals surface area contributed by atoms with Crippen molar-refractivity contribution in [1.82, 2.24) is 0 Å². The molecule has 0 unspecified atom stereocenters. The van der Waals surface area contributed by atoms with Gasteiger partial charge in [0.1, 0.15) is 6.10 Å². The Morgan fingerprint density at radius 2 is 2.28 bits per heavy atom. The van der Waals surface area contributed by atoms with Crippen molar-refractivity contribution >= 4 is 46.6 Å². The maximum absolute atomic E-state index is 11.9. The molecule has 18 heavy (non-hydrogen) atoms. The van der Waals surface area contributed by atoms with Gasteiger partial charge in [-0.3, -0.25) is 4.79 Å². The first-order chi connectivity index (χ1) is 8.19. The van der Waals surface area contributed by atoms with Crippen molar-refractivity contribution in [1.29, 1.82) is 0 Å². The van der Waals surface area contributed by atoms with Crippen molar-refractivity contribution in [3.8, 4) is 0 Å². The number of amides is 1. The third kappa shape index (κ3) is 4.08. The molecule has 0 aliphatic carbocycles.